The summed E-state index contributed by atoms with van der Waals surface area (Å²) in [4.78, 5) is 24.4. The number of amides is 1. The van der Waals surface area contributed by atoms with Gasteiger partial charge in [-0.25, -0.2) is 4.79 Å². The molecule has 0 radical (unpaired) electrons. The van der Waals surface area contributed by atoms with Crippen LogP contribution in [0.5, 0.6) is 5.75 Å². The maximum atomic E-state index is 13.7. The minimum atomic E-state index is -4.64. The van der Waals surface area contributed by atoms with E-state index in [4.69, 9.17) is 9.84 Å². The van der Waals surface area contributed by atoms with Crippen molar-refractivity contribution in [1.82, 2.24) is 9.88 Å². The molecule has 42 heavy (non-hydrogen) atoms. The number of aliphatic carboxylic acids is 1. The Bertz CT molecular complexity index is 1640. The van der Waals surface area contributed by atoms with Gasteiger partial charge in [-0.1, -0.05) is 38.1 Å². The van der Waals surface area contributed by atoms with E-state index in [1.807, 2.05) is 37.5 Å². The summed E-state index contributed by atoms with van der Waals surface area (Å²) in [7, 11) is 0. The van der Waals surface area contributed by atoms with E-state index < -0.39 is 23.8 Å². The molecular formula is C33H35F3N2O4. The number of carbonyl (C=O) groups excluding carboxylic acids is 1. The van der Waals surface area contributed by atoms with E-state index in [9.17, 15) is 22.8 Å². The predicted octanol–water partition coefficient (Wildman–Crippen LogP) is 7.79. The Labute approximate surface area is 243 Å². The van der Waals surface area contributed by atoms with Crippen molar-refractivity contribution < 1.29 is 32.6 Å². The molecule has 4 rings (SSSR count). The van der Waals surface area contributed by atoms with E-state index in [2.05, 4.69) is 31.3 Å². The molecule has 0 aliphatic carbocycles. The third-order valence-electron chi connectivity index (χ3n) is 7.62. The number of halogens is 3. The lowest BCUT2D eigenvalue weighted by Gasteiger charge is -2.17. The first kappa shape index (κ1) is 30.7. The summed E-state index contributed by atoms with van der Waals surface area (Å²) in [5.41, 5.74) is 4.56. The van der Waals surface area contributed by atoms with Gasteiger partial charge >= 0.3 is 12.1 Å². The summed E-state index contributed by atoms with van der Waals surface area (Å²) >= 11 is 0. The van der Waals surface area contributed by atoms with Gasteiger partial charge in [0.05, 0.1) is 11.6 Å². The van der Waals surface area contributed by atoms with Gasteiger partial charge in [-0.15, -0.1) is 0 Å². The van der Waals surface area contributed by atoms with Gasteiger partial charge in [0.25, 0.3) is 5.91 Å². The molecule has 0 saturated heterocycles. The molecule has 1 heterocycles. The summed E-state index contributed by atoms with van der Waals surface area (Å²) in [6, 6.07) is 16.5. The Balaban J connectivity index is 1.64. The van der Waals surface area contributed by atoms with Gasteiger partial charge in [0.2, 0.25) is 0 Å². The molecule has 6 nitrogen and oxygen atoms in total. The summed E-state index contributed by atoms with van der Waals surface area (Å²) in [6.07, 6.45) is -5.95. The van der Waals surface area contributed by atoms with Crippen LogP contribution in [0, 0.1) is 13.8 Å². The Morgan fingerprint density at radius 3 is 2.29 bits per heavy atom. The molecule has 1 amide bonds. The van der Waals surface area contributed by atoms with Gasteiger partial charge in [0, 0.05) is 28.7 Å². The summed E-state index contributed by atoms with van der Waals surface area (Å²) in [5.74, 6) is -1.31. The predicted molar refractivity (Wildman–Crippen MR) is 156 cm³/mol. The average molecular weight is 581 g/mol. The molecule has 222 valence electrons. The van der Waals surface area contributed by atoms with E-state index in [0.29, 0.717) is 17.0 Å². The topological polar surface area (TPSA) is 80.6 Å². The van der Waals surface area contributed by atoms with Crippen LogP contribution in [-0.2, 0) is 17.5 Å². The van der Waals surface area contributed by atoms with Crippen LogP contribution in [0.1, 0.15) is 83.5 Å². The van der Waals surface area contributed by atoms with Crippen molar-refractivity contribution >= 4 is 22.8 Å². The van der Waals surface area contributed by atoms with E-state index in [-0.39, 0.29) is 24.2 Å². The van der Waals surface area contributed by atoms with E-state index in [1.165, 1.54) is 18.6 Å². The SMILES string of the molecule is Cc1c(C)n(Cc2cc(OC(C)C(=O)O)cc(C(F)(F)F)c2)c2ccc(C(=O)NC(C)c3cccc(C(C)C)c3)cc12. The zero-order valence-electron chi connectivity index (χ0n) is 24.5. The largest absolute Gasteiger partial charge is 0.479 e. The normalized spacial score (nSPS) is 13.3. The summed E-state index contributed by atoms with van der Waals surface area (Å²) in [6.45, 7) is 11.3. The van der Waals surface area contributed by atoms with Crippen molar-refractivity contribution in [3.8, 4) is 5.75 Å². The number of hydrogen-bond donors (Lipinski definition) is 2. The zero-order valence-corrected chi connectivity index (χ0v) is 24.5. The number of nitrogens with one attached hydrogen (secondary N) is 1. The third kappa shape index (κ3) is 6.61. The Morgan fingerprint density at radius 2 is 1.64 bits per heavy atom. The van der Waals surface area contributed by atoms with Crippen molar-refractivity contribution in [3.05, 3.63) is 99.7 Å². The van der Waals surface area contributed by atoms with E-state index >= 15 is 0 Å². The van der Waals surface area contributed by atoms with Gasteiger partial charge in [-0.2, -0.15) is 13.2 Å². The smallest absolute Gasteiger partial charge is 0.416 e. The second-order valence-corrected chi connectivity index (χ2v) is 11.0. The van der Waals surface area contributed by atoms with Crippen molar-refractivity contribution in [2.75, 3.05) is 0 Å². The number of carboxylic acid groups (broad SMARTS) is 1. The molecule has 0 aliphatic rings. The number of nitrogens with zero attached hydrogens (tertiary/aromatic N) is 1. The fourth-order valence-electron chi connectivity index (χ4n) is 4.97. The molecular weight excluding hydrogens is 545 g/mol. The highest BCUT2D eigenvalue weighted by Crippen LogP contribution is 2.34. The van der Waals surface area contributed by atoms with Crippen LogP contribution in [-0.4, -0.2) is 27.7 Å². The van der Waals surface area contributed by atoms with Crippen molar-refractivity contribution in [3.63, 3.8) is 0 Å². The number of ether oxygens (including phenoxy) is 1. The molecule has 0 spiro atoms. The highest BCUT2D eigenvalue weighted by atomic mass is 19.4. The molecule has 2 unspecified atom stereocenters. The van der Waals surface area contributed by atoms with Gasteiger partial charge in [0.1, 0.15) is 5.75 Å². The molecule has 2 N–H and O–H groups in total. The van der Waals surface area contributed by atoms with E-state index in [0.717, 1.165) is 39.9 Å². The monoisotopic (exact) mass is 580 g/mol. The maximum Gasteiger partial charge on any atom is 0.416 e. The minimum Gasteiger partial charge on any atom is -0.479 e. The zero-order chi connectivity index (χ0) is 30.9. The molecule has 0 aliphatic heterocycles. The molecule has 9 heteroatoms. The van der Waals surface area contributed by atoms with Crippen LogP contribution < -0.4 is 10.1 Å². The molecule has 4 aromatic rings. The van der Waals surface area contributed by atoms with Crippen LogP contribution in [0.2, 0.25) is 0 Å². The Kier molecular flexibility index (Phi) is 8.71. The van der Waals surface area contributed by atoms with Crippen LogP contribution in [0.3, 0.4) is 0 Å². The molecule has 2 atom stereocenters. The number of aryl methyl sites for hydroxylation is 1. The standard InChI is InChI=1S/C33H35F3N2O4/c1-18(2)24-8-7-9-25(14-24)20(4)37-31(39)26-10-11-30-29(15-26)19(3)21(5)38(30)17-23-12-27(33(34,35)36)16-28(13-23)42-22(6)32(40)41/h7-16,18,20,22H,17H2,1-6H3,(H,37,39)(H,40,41). The maximum absolute atomic E-state index is 13.7. The highest BCUT2D eigenvalue weighted by molar-refractivity contribution is 5.99. The average Bonchev–Trinajstić information content (AvgIpc) is 3.16. The van der Waals surface area contributed by atoms with Crippen LogP contribution in [0.15, 0.2) is 60.7 Å². The number of fused-ring (bicyclic) bond motifs is 1. The second kappa shape index (κ2) is 11.9. The number of rotatable bonds is 9. The fourth-order valence-corrected chi connectivity index (χ4v) is 4.97. The lowest BCUT2D eigenvalue weighted by molar-refractivity contribution is -0.144. The lowest BCUT2D eigenvalue weighted by atomic mass is 9.98. The molecule has 0 saturated carbocycles. The number of aromatic nitrogens is 1. The number of alkyl halides is 3. The number of carboxylic acids is 1. The van der Waals surface area contributed by atoms with Crippen LogP contribution in [0.25, 0.3) is 10.9 Å². The van der Waals surface area contributed by atoms with Gasteiger partial charge in [-0.05, 0) is 92.3 Å². The third-order valence-corrected chi connectivity index (χ3v) is 7.62. The first-order valence-electron chi connectivity index (χ1n) is 13.8. The van der Waals surface area contributed by atoms with E-state index in [1.54, 1.807) is 18.2 Å². The Morgan fingerprint density at radius 1 is 0.952 bits per heavy atom. The molecule has 0 bridgehead atoms. The first-order chi connectivity index (χ1) is 19.6. The molecule has 0 fully saturated rings. The summed E-state index contributed by atoms with van der Waals surface area (Å²) in [5, 5.41) is 13.0. The second-order valence-electron chi connectivity index (χ2n) is 11.0. The van der Waals surface area contributed by atoms with Gasteiger partial charge in [-0.3, -0.25) is 4.79 Å². The minimum absolute atomic E-state index is 0.0900. The first-order valence-corrected chi connectivity index (χ1v) is 13.8. The van der Waals surface area contributed by atoms with Crippen LogP contribution >= 0.6 is 0 Å². The number of benzene rings is 3. The Hall–Kier alpha value is -4.27. The van der Waals surface area contributed by atoms with Crippen molar-refractivity contribution in [2.45, 2.75) is 72.3 Å². The van der Waals surface area contributed by atoms with Gasteiger partial charge in [0.15, 0.2) is 6.10 Å². The summed E-state index contributed by atoms with van der Waals surface area (Å²) < 4.78 is 48.2. The number of hydrogen-bond acceptors (Lipinski definition) is 3. The van der Waals surface area contributed by atoms with Crippen molar-refractivity contribution in [2.24, 2.45) is 0 Å². The number of carbonyl (C=O) groups is 2. The molecule has 1 aromatic heterocycles. The highest BCUT2D eigenvalue weighted by Gasteiger charge is 2.32. The quantitative estimate of drug-likeness (QED) is 0.212. The van der Waals surface area contributed by atoms with Crippen molar-refractivity contribution in [1.29, 1.82) is 0 Å². The molecule has 3 aromatic carbocycles. The lowest BCUT2D eigenvalue weighted by Crippen LogP contribution is -2.26. The fraction of sp³-hybridized carbons (Fsp3) is 0.333. The van der Waals surface area contributed by atoms with Crippen LogP contribution in [0.4, 0.5) is 13.2 Å². The van der Waals surface area contributed by atoms with Gasteiger partial charge < -0.3 is 19.7 Å².